The van der Waals surface area contributed by atoms with Crippen LogP contribution in [0.1, 0.15) is 61.5 Å². The molecule has 0 fully saturated rings. The van der Waals surface area contributed by atoms with Crippen molar-refractivity contribution in [1.29, 1.82) is 0 Å². The summed E-state index contributed by atoms with van der Waals surface area (Å²) in [7, 11) is 0. The highest BCUT2D eigenvalue weighted by Crippen LogP contribution is 2.22. The average molecular weight is 259 g/mol. The number of carbonyl (C=O) groups is 1. The van der Waals surface area contributed by atoms with Crippen LogP contribution in [0.2, 0.25) is 0 Å². The Labute approximate surface area is 116 Å². The van der Waals surface area contributed by atoms with Crippen LogP contribution < -0.4 is 5.32 Å². The lowest BCUT2D eigenvalue weighted by Crippen LogP contribution is -2.39. The maximum atomic E-state index is 12.4. The zero-order valence-corrected chi connectivity index (χ0v) is 12.3. The molecule has 2 heteroatoms. The minimum absolute atomic E-state index is 0.100. The molecule has 0 amide bonds. The number of aryl methyl sites for hydroxylation is 2. The average Bonchev–Trinajstić information content (AvgIpc) is 2.45. The number of nitrogens with one attached hydrogen (secondary N) is 1. The number of fused-ring (bicyclic) bond motifs is 1. The van der Waals surface area contributed by atoms with Crippen LogP contribution in [-0.4, -0.2) is 17.9 Å². The first kappa shape index (κ1) is 14.3. The van der Waals surface area contributed by atoms with Gasteiger partial charge in [-0.05, 0) is 63.1 Å². The lowest BCUT2D eigenvalue weighted by atomic mass is 9.89. The van der Waals surface area contributed by atoms with Crippen LogP contribution in [0.4, 0.5) is 0 Å². The summed E-state index contributed by atoms with van der Waals surface area (Å²) in [6, 6.07) is 6.55. The van der Waals surface area contributed by atoms with Crippen molar-refractivity contribution in [2.24, 2.45) is 0 Å². The van der Waals surface area contributed by atoms with E-state index >= 15 is 0 Å². The molecule has 2 nitrogen and oxygen atoms in total. The molecule has 0 saturated heterocycles. The molecule has 0 bridgehead atoms. The second kappa shape index (κ2) is 6.33. The highest BCUT2D eigenvalue weighted by atomic mass is 16.1. The molecule has 19 heavy (non-hydrogen) atoms. The third-order valence-electron chi connectivity index (χ3n) is 4.17. The largest absolute Gasteiger partial charge is 0.305 e. The predicted octanol–water partition coefficient (Wildman–Crippen LogP) is 3.52. The van der Waals surface area contributed by atoms with E-state index in [1.165, 1.54) is 30.4 Å². The monoisotopic (exact) mass is 259 g/mol. The molecule has 0 spiro atoms. The third kappa shape index (κ3) is 3.44. The molecule has 1 N–H and O–H groups in total. The molecule has 2 atom stereocenters. The SMILES string of the molecule is CCC(C)NC(C)C(=O)c1ccc2c(c1)CCCC2. The van der Waals surface area contributed by atoms with Crippen molar-refractivity contribution < 1.29 is 4.79 Å². The lowest BCUT2D eigenvalue weighted by molar-refractivity contribution is 0.0945. The van der Waals surface area contributed by atoms with Gasteiger partial charge in [0.2, 0.25) is 0 Å². The Morgan fingerprint density at radius 2 is 1.89 bits per heavy atom. The van der Waals surface area contributed by atoms with Crippen LogP contribution >= 0.6 is 0 Å². The Hall–Kier alpha value is -1.15. The molecular weight excluding hydrogens is 234 g/mol. The van der Waals surface area contributed by atoms with E-state index in [0.717, 1.165) is 18.4 Å². The van der Waals surface area contributed by atoms with Gasteiger partial charge in [-0.3, -0.25) is 4.79 Å². The first-order valence-electron chi connectivity index (χ1n) is 7.54. The summed E-state index contributed by atoms with van der Waals surface area (Å²) in [5.41, 5.74) is 3.68. The maximum Gasteiger partial charge on any atom is 0.179 e. The van der Waals surface area contributed by atoms with Gasteiger partial charge in [0.15, 0.2) is 5.78 Å². The summed E-state index contributed by atoms with van der Waals surface area (Å²) in [5, 5.41) is 3.36. The number of ketones is 1. The molecule has 0 aliphatic heterocycles. The van der Waals surface area contributed by atoms with Gasteiger partial charge in [0, 0.05) is 11.6 Å². The molecule has 104 valence electrons. The molecule has 2 unspecified atom stereocenters. The quantitative estimate of drug-likeness (QED) is 0.820. The van der Waals surface area contributed by atoms with Crippen molar-refractivity contribution in [3.05, 3.63) is 34.9 Å². The summed E-state index contributed by atoms with van der Waals surface area (Å²) in [6.07, 6.45) is 5.88. The van der Waals surface area contributed by atoms with Gasteiger partial charge in [0.05, 0.1) is 6.04 Å². The molecule has 0 radical (unpaired) electrons. The number of Topliss-reactive ketones (excluding diaryl/α,β-unsaturated/α-hetero) is 1. The van der Waals surface area contributed by atoms with Gasteiger partial charge < -0.3 is 5.32 Å². The van der Waals surface area contributed by atoms with E-state index in [2.05, 4.69) is 31.3 Å². The van der Waals surface area contributed by atoms with Crippen LogP contribution in [-0.2, 0) is 12.8 Å². The van der Waals surface area contributed by atoms with Crippen molar-refractivity contribution >= 4 is 5.78 Å². The second-order valence-corrected chi connectivity index (χ2v) is 5.75. The van der Waals surface area contributed by atoms with Gasteiger partial charge in [-0.1, -0.05) is 19.1 Å². The summed E-state index contributed by atoms with van der Waals surface area (Å²) in [6.45, 7) is 6.22. The molecule has 0 heterocycles. The Balaban J connectivity index is 2.10. The number of benzene rings is 1. The van der Waals surface area contributed by atoms with Crippen molar-refractivity contribution in [2.45, 2.75) is 65.0 Å². The van der Waals surface area contributed by atoms with Crippen molar-refractivity contribution in [2.75, 3.05) is 0 Å². The van der Waals surface area contributed by atoms with Crippen LogP contribution in [0, 0.1) is 0 Å². The molecule has 1 aliphatic rings. The minimum Gasteiger partial charge on any atom is -0.305 e. The van der Waals surface area contributed by atoms with Crippen LogP contribution in [0.15, 0.2) is 18.2 Å². The lowest BCUT2D eigenvalue weighted by Gasteiger charge is -2.20. The summed E-state index contributed by atoms with van der Waals surface area (Å²) >= 11 is 0. The zero-order valence-electron chi connectivity index (χ0n) is 12.3. The van der Waals surface area contributed by atoms with Crippen LogP contribution in [0.25, 0.3) is 0 Å². The fourth-order valence-electron chi connectivity index (χ4n) is 2.76. The van der Waals surface area contributed by atoms with E-state index in [4.69, 9.17) is 0 Å². The number of carbonyl (C=O) groups excluding carboxylic acids is 1. The Morgan fingerprint density at radius 3 is 2.58 bits per heavy atom. The first-order valence-corrected chi connectivity index (χ1v) is 7.54. The van der Waals surface area contributed by atoms with Gasteiger partial charge in [0.1, 0.15) is 0 Å². The summed E-state index contributed by atoms with van der Waals surface area (Å²) in [5.74, 6) is 0.216. The number of rotatable bonds is 5. The standard InChI is InChI=1S/C17H25NO/c1-4-12(2)18-13(3)17(19)16-10-9-14-7-5-6-8-15(14)11-16/h9-13,18H,4-8H2,1-3H3. The maximum absolute atomic E-state index is 12.4. The Morgan fingerprint density at radius 1 is 1.21 bits per heavy atom. The molecule has 2 rings (SSSR count). The van der Waals surface area contributed by atoms with E-state index in [0.29, 0.717) is 6.04 Å². The van der Waals surface area contributed by atoms with E-state index in [9.17, 15) is 4.79 Å². The van der Waals surface area contributed by atoms with E-state index in [-0.39, 0.29) is 11.8 Å². The topological polar surface area (TPSA) is 29.1 Å². The molecule has 0 saturated carbocycles. The normalized spacial score (nSPS) is 17.6. The van der Waals surface area contributed by atoms with Crippen LogP contribution in [0.5, 0.6) is 0 Å². The van der Waals surface area contributed by atoms with Crippen LogP contribution in [0.3, 0.4) is 0 Å². The molecule has 0 aromatic heterocycles. The van der Waals surface area contributed by atoms with Gasteiger partial charge in [-0.25, -0.2) is 0 Å². The van der Waals surface area contributed by atoms with Gasteiger partial charge in [-0.2, -0.15) is 0 Å². The zero-order chi connectivity index (χ0) is 13.8. The molecular formula is C17H25NO. The minimum atomic E-state index is -0.100. The van der Waals surface area contributed by atoms with Gasteiger partial charge >= 0.3 is 0 Å². The predicted molar refractivity (Wildman–Crippen MR) is 79.8 cm³/mol. The van der Waals surface area contributed by atoms with Gasteiger partial charge in [-0.15, -0.1) is 0 Å². The molecule has 1 aromatic carbocycles. The number of hydrogen-bond acceptors (Lipinski definition) is 2. The fraction of sp³-hybridized carbons (Fsp3) is 0.588. The van der Waals surface area contributed by atoms with Crippen molar-refractivity contribution in [1.82, 2.24) is 5.32 Å². The van der Waals surface area contributed by atoms with Crippen molar-refractivity contribution in [3.63, 3.8) is 0 Å². The molecule has 1 aliphatic carbocycles. The number of hydrogen-bond donors (Lipinski definition) is 1. The summed E-state index contributed by atoms with van der Waals surface area (Å²) < 4.78 is 0. The summed E-state index contributed by atoms with van der Waals surface area (Å²) in [4.78, 5) is 12.4. The third-order valence-corrected chi connectivity index (χ3v) is 4.17. The Bertz CT molecular complexity index is 453. The van der Waals surface area contributed by atoms with Crippen molar-refractivity contribution in [3.8, 4) is 0 Å². The highest BCUT2D eigenvalue weighted by Gasteiger charge is 2.18. The van der Waals surface area contributed by atoms with E-state index < -0.39 is 0 Å². The Kier molecular flexibility index (Phi) is 4.76. The van der Waals surface area contributed by atoms with E-state index in [1.54, 1.807) is 0 Å². The van der Waals surface area contributed by atoms with Gasteiger partial charge in [0.25, 0.3) is 0 Å². The van der Waals surface area contributed by atoms with E-state index in [1.807, 2.05) is 13.0 Å². The second-order valence-electron chi connectivity index (χ2n) is 5.75. The highest BCUT2D eigenvalue weighted by molar-refractivity contribution is 6.00. The first-order chi connectivity index (χ1) is 9.11. The smallest absolute Gasteiger partial charge is 0.179 e. The fourth-order valence-corrected chi connectivity index (χ4v) is 2.76. The molecule has 1 aromatic rings.